The van der Waals surface area contributed by atoms with Crippen molar-refractivity contribution in [1.82, 2.24) is 0 Å². The van der Waals surface area contributed by atoms with E-state index in [4.69, 9.17) is 0 Å². The molecular formula is C59H40. The molecule has 0 unspecified atom stereocenters. The van der Waals surface area contributed by atoms with Crippen molar-refractivity contribution >= 4 is 53.9 Å². The van der Waals surface area contributed by atoms with Crippen LogP contribution < -0.4 is 0 Å². The van der Waals surface area contributed by atoms with Crippen LogP contribution in [0.2, 0.25) is 0 Å². The summed E-state index contributed by atoms with van der Waals surface area (Å²) in [5.41, 5.74) is 15.4. The molecule has 0 saturated heterocycles. The van der Waals surface area contributed by atoms with Crippen LogP contribution in [0.3, 0.4) is 0 Å². The first-order valence-electron chi connectivity index (χ1n) is 20.8. The molecule has 59 heavy (non-hydrogen) atoms. The molecule has 0 heterocycles. The molecule has 0 bridgehead atoms. The Morgan fingerprint density at radius 1 is 0.254 bits per heavy atom. The summed E-state index contributed by atoms with van der Waals surface area (Å²) in [6.45, 7) is 4.75. The zero-order chi connectivity index (χ0) is 39.2. The first kappa shape index (κ1) is 33.8. The van der Waals surface area contributed by atoms with Gasteiger partial charge in [-0.2, -0.15) is 0 Å². The molecule has 0 fully saturated rings. The zero-order valence-corrected chi connectivity index (χ0v) is 33.1. The SMILES string of the molecule is CC1(C)c2ccccc2-c2ccc(-c3c4ccccc4c(-c4cc(-c5ccc(-c6cc7ccccc7c7ccccc67)cc5)cc5ccccc45)c4ccccc34)cc21. The molecule has 0 amide bonds. The van der Waals surface area contributed by atoms with Crippen molar-refractivity contribution in [3.8, 4) is 55.6 Å². The van der Waals surface area contributed by atoms with Crippen molar-refractivity contribution in [2.24, 2.45) is 0 Å². The molecular weight excluding hydrogens is 709 g/mol. The van der Waals surface area contributed by atoms with Crippen LogP contribution in [-0.2, 0) is 5.41 Å². The minimum absolute atomic E-state index is 0.0751. The van der Waals surface area contributed by atoms with Gasteiger partial charge in [-0.3, -0.25) is 0 Å². The number of rotatable bonds is 4. The Balaban J connectivity index is 1.05. The van der Waals surface area contributed by atoms with E-state index in [1.807, 2.05) is 0 Å². The highest BCUT2D eigenvalue weighted by atomic mass is 14.4. The molecule has 0 spiro atoms. The Hall–Kier alpha value is -7.28. The Morgan fingerprint density at radius 2 is 0.746 bits per heavy atom. The van der Waals surface area contributed by atoms with Gasteiger partial charge in [-0.1, -0.05) is 196 Å². The fraction of sp³-hybridized carbons (Fsp3) is 0.0508. The van der Waals surface area contributed by atoms with Crippen molar-refractivity contribution in [2.75, 3.05) is 0 Å². The van der Waals surface area contributed by atoms with Crippen LogP contribution in [-0.4, -0.2) is 0 Å². The van der Waals surface area contributed by atoms with Crippen LogP contribution in [0.15, 0.2) is 206 Å². The van der Waals surface area contributed by atoms with E-state index in [0.29, 0.717) is 0 Å². The van der Waals surface area contributed by atoms with Gasteiger partial charge in [-0.15, -0.1) is 0 Å². The predicted octanol–water partition coefficient (Wildman–Crippen LogP) is 16.4. The molecule has 0 N–H and O–H groups in total. The third kappa shape index (κ3) is 5.09. The summed E-state index contributed by atoms with van der Waals surface area (Å²) in [6, 6.07) is 77.0. The average Bonchev–Trinajstić information content (AvgIpc) is 3.52. The van der Waals surface area contributed by atoms with Crippen molar-refractivity contribution in [3.63, 3.8) is 0 Å². The van der Waals surface area contributed by atoms with Crippen LogP contribution in [0, 0.1) is 0 Å². The number of benzene rings is 11. The van der Waals surface area contributed by atoms with Crippen LogP contribution >= 0.6 is 0 Å². The van der Waals surface area contributed by atoms with Gasteiger partial charge in [0.25, 0.3) is 0 Å². The molecule has 0 aromatic heterocycles. The fourth-order valence-corrected chi connectivity index (χ4v) is 10.4. The van der Waals surface area contributed by atoms with Gasteiger partial charge in [-0.25, -0.2) is 0 Å². The molecule has 0 heteroatoms. The number of hydrogen-bond donors (Lipinski definition) is 0. The molecule has 0 nitrogen and oxygen atoms in total. The van der Waals surface area contributed by atoms with E-state index < -0.39 is 0 Å². The van der Waals surface area contributed by atoms with Crippen molar-refractivity contribution in [2.45, 2.75) is 19.3 Å². The first-order valence-corrected chi connectivity index (χ1v) is 20.8. The lowest BCUT2D eigenvalue weighted by Crippen LogP contribution is -2.14. The smallest absolute Gasteiger partial charge is 0.0159 e. The third-order valence-electron chi connectivity index (χ3n) is 13.2. The largest absolute Gasteiger partial charge is 0.0619 e. The van der Waals surface area contributed by atoms with Gasteiger partial charge >= 0.3 is 0 Å². The molecule has 276 valence electrons. The second-order valence-electron chi connectivity index (χ2n) is 16.8. The summed E-state index contributed by atoms with van der Waals surface area (Å²) in [6.07, 6.45) is 0. The summed E-state index contributed by atoms with van der Waals surface area (Å²) in [4.78, 5) is 0. The molecule has 11 aromatic carbocycles. The van der Waals surface area contributed by atoms with E-state index >= 15 is 0 Å². The molecule has 11 aromatic rings. The third-order valence-corrected chi connectivity index (χ3v) is 13.2. The van der Waals surface area contributed by atoms with Gasteiger partial charge in [0.2, 0.25) is 0 Å². The van der Waals surface area contributed by atoms with Crippen molar-refractivity contribution < 1.29 is 0 Å². The van der Waals surface area contributed by atoms with Gasteiger partial charge in [-0.05, 0) is 145 Å². The summed E-state index contributed by atoms with van der Waals surface area (Å²) >= 11 is 0. The summed E-state index contributed by atoms with van der Waals surface area (Å²) in [7, 11) is 0. The quantitative estimate of drug-likeness (QED) is 0.124. The molecule has 0 aliphatic heterocycles. The Labute approximate surface area is 344 Å². The maximum Gasteiger partial charge on any atom is 0.0159 e. The van der Waals surface area contributed by atoms with Gasteiger partial charge < -0.3 is 0 Å². The Morgan fingerprint density at radius 3 is 1.44 bits per heavy atom. The monoisotopic (exact) mass is 748 g/mol. The standard InChI is InChI=1S/C59H40/c1-59(2)55-26-14-13-21-47(55)48-32-31-41(36-56(48)59)57-49-22-9-11-24-51(49)58(52-25-12-10-23-50(52)57)54-35-42(33-39-15-3-6-18-44(39)54)37-27-29-38(30-28-37)53-34-40-16-4-5-17-43(40)45-19-7-8-20-46(45)53/h3-36H,1-2H3. The van der Waals surface area contributed by atoms with E-state index in [-0.39, 0.29) is 5.41 Å². The van der Waals surface area contributed by atoms with Crippen molar-refractivity contribution in [3.05, 3.63) is 217 Å². The van der Waals surface area contributed by atoms with Crippen molar-refractivity contribution in [1.29, 1.82) is 0 Å². The van der Waals surface area contributed by atoms with Gasteiger partial charge in [0.15, 0.2) is 0 Å². The normalized spacial score (nSPS) is 13.1. The lowest BCUT2D eigenvalue weighted by atomic mass is 9.80. The second-order valence-corrected chi connectivity index (χ2v) is 16.8. The van der Waals surface area contributed by atoms with Gasteiger partial charge in [0.05, 0.1) is 0 Å². The van der Waals surface area contributed by atoms with Gasteiger partial charge in [0.1, 0.15) is 0 Å². The highest BCUT2D eigenvalue weighted by Gasteiger charge is 2.35. The average molecular weight is 749 g/mol. The van der Waals surface area contributed by atoms with Crippen LogP contribution in [0.1, 0.15) is 25.0 Å². The molecule has 1 aliphatic carbocycles. The van der Waals surface area contributed by atoms with E-state index in [1.54, 1.807) is 0 Å². The van der Waals surface area contributed by atoms with Crippen LogP contribution in [0.5, 0.6) is 0 Å². The lowest BCUT2D eigenvalue weighted by molar-refractivity contribution is 0.660. The summed E-state index contributed by atoms with van der Waals surface area (Å²) < 4.78 is 0. The maximum absolute atomic E-state index is 2.48. The molecule has 0 radical (unpaired) electrons. The minimum atomic E-state index is -0.0751. The molecule has 1 aliphatic rings. The number of hydrogen-bond acceptors (Lipinski definition) is 0. The van der Waals surface area contributed by atoms with Crippen LogP contribution in [0.4, 0.5) is 0 Å². The maximum atomic E-state index is 2.48. The first-order chi connectivity index (χ1) is 29.0. The van der Waals surface area contributed by atoms with Gasteiger partial charge in [0, 0.05) is 5.41 Å². The summed E-state index contributed by atoms with van der Waals surface area (Å²) in [5, 5.41) is 12.7. The zero-order valence-electron chi connectivity index (χ0n) is 33.1. The Kier molecular flexibility index (Phi) is 7.38. The molecule has 0 atom stereocenters. The van der Waals surface area contributed by atoms with E-state index in [1.165, 1.54) is 121 Å². The second kappa shape index (κ2) is 12.9. The fourth-order valence-electron chi connectivity index (χ4n) is 10.4. The molecule has 12 rings (SSSR count). The lowest BCUT2D eigenvalue weighted by Gasteiger charge is -2.23. The van der Waals surface area contributed by atoms with E-state index in [0.717, 1.165) is 0 Å². The van der Waals surface area contributed by atoms with E-state index in [2.05, 4.69) is 220 Å². The predicted molar refractivity (Wildman–Crippen MR) is 253 cm³/mol. The van der Waals surface area contributed by atoms with E-state index in [9.17, 15) is 0 Å². The molecule has 0 saturated carbocycles. The Bertz CT molecular complexity index is 3450. The number of fused-ring (bicyclic) bond motifs is 9. The minimum Gasteiger partial charge on any atom is -0.0619 e. The highest BCUT2D eigenvalue weighted by molar-refractivity contribution is 6.24. The van der Waals surface area contributed by atoms with Crippen LogP contribution in [0.25, 0.3) is 109 Å². The highest BCUT2D eigenvalue weighted by Crippen LogP contribution is 2.52. The topological polar surface area (TPSA) is 0 Å². The summed E-state index contributed by atoms with van der Waals surface area (Å²) in [5.74, 6) is 0.